The van der Waals surface area contributed by atoms with Crippen molar-refractivity contribution in [2.24, 2.45) is 0 Å². The molecular weight excluding hydrogens is 424 g/mol. The lowest BCUT2D eigenvalue weighted by atomic mass is 10.1. The van der Waals surface area contributed by atoms with Crippen LogP contribution in [-0.4, -0.2) is 30.9 Å². The van der Waals surface area contributed by atoms with Crippen molar-refractivity contribution in [1.29, 1.82) is 0 Å². The third kappa shape index (κ3) is 4.19. The second-order valence-corrected chi connectivity index (χ2v) is 10.6. The molecule has 3 aromatic rings. The summed E-state index contributed by atoms with van der Waals surface area (Å²) in [6.45, 7) is 5.69. The van der Waals surface area contributed by atoms with Gasteiger partial charge in [0.1, 0.15) is 5.75 Å². The van der Waals surface area contributed by atoms with Crippen LogP contribution in [0.2, 0.25) is 0 Å². The molecule has 0 bridgehead atoms. The van der Waals surface area contributed by atoms with Crippen molar-refractivity contribution in [1.82, 2.24) is 9.29 Å². The monoisotopic (exact) mass is 454 g/mol. The Balaban J connectivity index is 1.82. The number of pyridine rings is 1. The van der Waals surface area contributed by atoms with E-state index in [0.29, 0.717) is 21.7 Å². The van der Waals surface area contributed by atoms with Crippen LogP contribution in [0.3, 0.4) is 0 Å². The van der Waals surface area contributed by atoms with E-state index in [2.05, 4.69) is 4.98 Å². The van der Waals surface area contributed by atoms with Crippen LogP contribution < -0.4 is 10.3 Å². The number of fused-ring (bicyclic) bond motifs is 1. The van der Waals surface area contributed by atoms with Gasteiger partial charge in [0.15, 0.2) is 0 Å². The summed E-state index contributed by atoms with van der Waals surface area (Å²) in [5, 5.41) is 0.811. The van der Waals surface area contributed by atoms with Gasteiger partial charge in [-0.15, -0.1) is 0 Å². The molecule has 1 saturated carbocycles. The lowest BCUT2D eigenvalue weighted by Crippen LogP contribution is -2.40. The van der Waals surface area contributed by atoms with Gasteiger partial charge in [0.25, 0.3) is 5.56 Å². The van der Waals surface area contributed by atoms with Gasteiger partial charge in [-0.3, -0.25) is 4.79 Å². The molecule has 170 valence electrons. The highest BCUT2D eigenvalue weighted by atomic mass is 32.2. The number of aromatic amines is 1. The summed E-state index contributed by atoms with van der Waals surface area (Å²) in [4.78, 5) is 16.1. The number of hydrogen-bond donors (Lipinski definition) is 1. The second kappa shape index (κ2) is 8.71. The maximum Gasteiger partial charge on any atom is 0.252 e. The number of aromatic nitrogens is 1. The van der Waals surface area contributed by atoms with Crippen molar-refractivity contribution in [3.8, 4) is 5.75 Å². The first-order valence-electron chi connectivity index (χ1n) is 11.0. The number of H-pyrrole nitrogens is 1. The number of nitrogens with zero attached hydrogens (tertiary/aromatic N) is 1. The van der Waals surface area contributed by atoms with Crippen LogP contribution in [0.1, 0.15) is 47.9 Å². The molecule has 1 heterocycles. The summed E-state index contributed by atoms with van der Waals surface area (Å²) in [5.41, 5.74) is 3.37. The second-order valence-electron chi connectivity index (χ2n) is 8.79. The number of nitrogens with one attached hydrogen (secondary N) is 1. The predicted molar refractivity (Wildman–Crippen MR) is 127 cm³/mol. The maximum absolute atomic E-state index is 13.9. The number of hydrogen-bond acceptors (Lipinski definition) is 4. The molecule has 1 aliphatic carbocycles. The molecule has 0 radical (unpaired) electrons. The predicted octanol–water partition coefficient (Wildman–Crippen LogP) is 4.60. The molecule has 6 nitrogen and oxygen atoms in total. The van der Waals surface area contributed by atoms with E-state index in [-0.39, 0.29) is 18.1 Å². The number of benzene rings is 2. The molecule has 1 N–H and O–H groups in total. The van der Waals surface area contributed by atoms with Crippen molar-refractivity contribution in [3.05, 3.63) is 69.0 Å². The minimum absolute atomic E-state index is 0.0439. The van der Waals surface area contributed by atoms with Gasteiger partial charge in [0.2, 0.25) is 10.0 Å². The van der Waals surface area contributed by atoms with Gasteiger partial charge in [-0.25, -0.2) is 8.42 Å². The van der Waals surface area contributed by atoms with Crippen LogP contribution in [0.15, 0.2) is 46.1 Å². The molecule has 32 heavy (non-hydrogen) atoms. The highest BCUT2D eigenvalue weighted by Crippen LogP contribution is 2.33. The summed E-state index contributed by atoms with van der Waals surface area (Å²) in [5.74, 6) is 0.682. The Morgan fingerprint density at radius 2 is 1.69 bits per heavy atom. The Bertz CT molecular complexity index is 1300. The molecule has 0 atom stereocenters. The molecule has 1 fully saturated rings. The zero-order valence-corrected chi connectivity index (χ0v) is 19.9. The average molecular weight is 455 g/mol. The third-order valence-corrected chi connectivity index (χ3v) is 8.56. The normalized spacial score (nSPS) is 15.0. The Hall–Kier alpha value is -2.64. The summed E-state index contributed by atoms with van der Waals surface area (Å²) in [6.07, 6.45) is 3.60. The first kappa shape index (κ1) is 22.6. The van der Waals surface area contributed by atoms with E-state index >= 15 is 0 Å². The summed E-state index contributed by atoms with van der Waals surface area (Å²) < 4.78 is 34.8. The van der Waals surface area contributed by atoms with Crippen molar-refractivity contribution in [2.45, 2.75) is 63.9 Å². The molecule has 0 aliphatic heterocycles. The fourth-order valence-corrected chi connectivity index (χ4v) is 7.01. The molecule has 0 unspecified atom stereocenters. The molecule has 0 spiro atoms. The fourth-order valence-electron chi connectivity index (χ4n) is 4.94. The highest BCUT2D eigenvalue weighted by molar-refractivity contribution is 7.89. The highest BCUT2D eigenvalue weighted by Gasteiger charge is 2.35. The van der Waals surface area contributed by atoms with E-state index in [9.17, 15) is 13.2 Å². The summed E-state index contributed by atoms with van der Waals surface area (Å²) in [7, 11) is -2.20. The average Bonchev–Trinajstić information content (AvgIpc) is 3.25. The lowest BCUT2D eigenvalue weighted by Gasteiger charge is -2.29. The Kier molecular flexibility index (Phi) is 6.14. The van der Waals surface area contributed by atoms with Crippen molar-refractivity contribution in [2.75, 3.05) is 7.11 Å². The molecule has 0 saturated heterocycles. The Morgan fingerprint density at radius 1 is 1.03 bits per heavy atom. The first-order chi connectivity index (χ1) is 15.2. The molecule has 1 aliphatic rings. The van der Waals surface area contributed by atoms with E-state index in [0.717, 1.165) is 47.8 Å². The third-order valence-electron chi connectivity index (χ3n) is 6.36. The van der Waals surface area contributed by atoms with E-state index in [4.69, 9.17) is 4.74 Å². The van der Waals surface area contributed by atoms with Gasteiger partial charge in [0, 0.05) is 29.1 Å². The first-order valence-corrected chi connectivity index (χ1v) is 12.4. The van der Waals surface area contributed by atoms with Crippen LogP contribution in [-0.2, 0) is 16.6 Å². The van der Waals surface area contributed by atoms with Crippen LogP contribution >= 0.6 is 0 Å². The number of ether oxygens (including phenoxy) is 1. The van der Waals surface area contributed by atoms with Gasteiger partial charge >= 0.3 is 0 Å². The molecule has 0 amide bonds. The Labute approximate surface area is 189 Å². The van der Waals surface area contributed by atoms with Gasteiger partial charge < -0.3 is 9.72 Å². The maximum atomic E-state index is 13.9. The van der Waals surface area contributed by atoms with Crippen molar-refractivity contribution < 1.29 is 13.2 Å². The van der Waals surface area contributed by atoms with Gasteiger partial charge in [-0.1, -0.05) is 30.5 Å². The van der Waals surface area contributed by atoms with E-state index < -0.39 is 10.0 Å². The zero-order chi connectivity index (χ0) is 23.0. The lowest BCUT2D eigenvalue weighted by molar-refractivity contribution is 0.315. The van der Waals surface area contributed by atoms with Crippen LogP contribution in [0, 0.1) is 20.8 Å². The van der Waals surface area contributed by atoms with Crippen LogP contribution in [0.25, 0.3) is 10.9 Å². The number of methoxy groups -OCH3 is 1. The summed E-state index contributed by atoms with van der Waals surface area (Å²) in [6, 6.07) is 10.9. The van der Waals surface area contributed by atoms with Gasteiger partial charge in [-0.05, 0) is 69.0 Å². The molecule has 4 rings (SSSR count). The summed E-state index contributed by atoms with van der Waals surface area (Å²) >= 11 is 0. The van der Waals surface area contributed by atoms with Crippen molar-refractivity contribution in [3.63, 3.8) is 0 Å². The minimum atomic E-state index is -3.79. The SMILES string of the molecule is COc1ccc2[nH]c(=O)c(CN(C3CCCC3)S(=O)(=O)c3c(C)cc(C)cc3C)cc2c1. The zero-order valence-electron chi connectivity index (χ0n) is 19.1. The smallest absolute Gasteiger partial charge is 0.252 e. The molecule has 1 aromatic heterocycles. The quantitative estimate of drug-likeness (QED) is 0.591. The molecule has 2 aromatic carbocycles. The van der Waals surface area contributed by atoms with Crippen LogP contribution in [0.5, 0.6) is 5.75 Å². The van der Waals surface area contributed by atoms with E-state index in [1.807, 2.05) is 39.0 Å². The van der Waals surface area contributed by atoms with Gasteiger partial charge in [0.05, 0.1) is 12.0 Å². The Morgan fingerprint density at radius 3 is 2.31 bits per heavy atom. The fraction of sp³-hybridized carbons (Fsp3) is 0.400. The minimum Gasteiger partial charge on any atom is -0.497 e. The van der Waals surface area contributed by atoms with Crippen LogP contribution in [0.4, 0.5) is 0 Å². The van der Waals surface area contributed by atoms with E-state index in [1.165, 1.54) is 0 Å². The molecule has 7 heteroatoms. The largest absolute Gasteiger partial charge is 0.497 e. The molecular formula is C25H30N2O4S. The number of rotatable bonds is 6. The standard InChI is InChI=1S/C25H30N2O4S/c1-16-11-17(2)24(18(3)12-16)32(29,30)27(21-7-5-6-8-21)15-20-13-19-14-22(31-4)9-10-23(19)26-25(20)28/h9-14,21H,5-8,15H2,1-4H3,(H,26,28). The van der Waals surface area contributed by atoms with Gasteiger partial charge in [-0.2, -0.15) is 4.31 Å². The van der Waals surface area contributed by atoms with Crippen molar-refractivity contribution >= 4 is 20.9 Å². The number of sulfonamides is 1. The number of aryl methyl sites for hydroxylation is 3. The topological polar surface area (TPSA) is 79.5 Å². The van der Waals surface area contributed by atoms with E-state index in [1.54, 1.807) is 29.6 Å².